The quantitative estimate of drug-likeness (QED) is 0.727. The smallest absolute Gasteiger partial charge is 0.188 e. The molecule has 3 aromatic rings. The summed E-state index contributed by atoms with van der Waals surface area (Å²) in [6.45, 7) is 1.85. The Balaban J connectivity index is 2.26. The number of benzene rings is 1. The van der Waals surface area contributed by atoms with Gasteiger partial charge in [-0.1, -0.05) is 18.2 Å². The molecule has 2 aromatic heterocycles. The first kappa shape index (κ1) is 12.0. The van der Waals surface area contributed by atoms with Gasteiger partial charge in [0.05, 0.1) is 16.3 Å². The summed E-state index contributed by atoms with van der Waals surface area (Å²) in [7, 11) is 0. The summed E-state index contributed by atoms with van der Waals surface area (Å²) in [5, 5.41) is 5.22. The van der Waals surface area contributed by atoms with E-state index in [-0.39, 0.29) is 4.90 Å². The van der Waals surface area contributed by atoms with Gasteiger partial charge >= 0.3 is 0 Å². The van der Waals surface area contributed by atoms with Crippen LogP contribution in [0, 0.1) is 6.92 Å². The maximum atomic E-state index is 11.1. The summed E-state index contributed by atoms with van der Waals surface area (Å²) in [6, 6.07) is 11.3. The third-order valence-electron chi connectivity index (χ3n) is 2.88. The second-order valence-electron chi connectivity index (χ2n) is 4.12. The van der Waals surface area contributed by atoms with E-state index in [2.05, 4.69) is 10.1 Å². The van der Waals surface area contributed by atoms with Gasteiger partial charge in [0.15, 0.2) is 16.7 Å². The summed E-state index contributed by atoms with van der Waals surface area (Å²) < 4.78 is 21.9. The summed E-state index contributed by atoms with van der Waals surface area (Å²) in [5.41, 5.74) is 2.36. The highest BCUT2D eigenvalue weighted by atomic mass is 32.2. The first-order chi connectivity index (χ1) is 9.16. The second-order valence-corrected chi connectivity index (χ2v) is 5.09. The fraction of sp³-hybridized carbons (Fsp3) is 0.0769. The molecule has 0 bridgehead atoms. The number of para-hydroxylation sites is 1. The van der Waals surface area contributed by atoms with E-state index >= 15 is 0 Å². The molecule has 1 N–H and O–H groups in total. The van der Waals surface area contributed by atoms with E-state index in [1.807, 2.05) is 37.3 Å². The van der Waals surface area contributed by atoms with Gasteiger partial charge in [-0.2, -0.15) is 5.10 Å². The van der Waals surface area contributed by atoms with E-state index in [9.17, 15) is 4.21 Å². The lowest BCUT2D eigenvalue weighted by molar-refractivity contribution is 0.564. The van der Waals surface area contributed by atoms with Crippen molar-refractivity contribution >= 4 is 22.1 Å². The van der Waals surface area contributed by atoms with Crippen LogP contribution in [0.15, 0.2) is 47.5 Å². The van der Waals surface area contributed by atoms with Crippen molar-refractivity contribution in [2.75, 3.05) is 0 Å². The van der Waals surface area contributed by atoms with E-state index < -0.39 is 11.1 Å². The Bertz CT molecular complexity index is 768. The summed E-state index contributed by atoms with van der Waals surface area (Å²) in [4.78, 5) is 4.53. The van der Waals surface area contributed by atoms with Crippen LogP contribution in [0.2, 0.25) is 0 Å². The molecule has 2 heterocycles. The summed E-state index contributed by atoms with van der Waals surface area (Å²) >= 11 is -2.03. The van der Waals surface area contributed by atoms with Gasteiger partial charge in [-0.15, -0.1) is 0 Å². The minimum Gasteiger partial charge on any atom is -0.302 e. The molecule has 0 aliphatic rings. The van der Waals surface area contributed by atoms with Crippen LogP contribution in [0.1, 0.15) is 5.69 Å². The molecule has 0 aliphatic heterocycles. The van der Waals surface area contributed by atoms with Crippen LogP contribution in [-0.4, -0.2) is 23.5 Å². The van der Waals surface area contributed by atoms with Crippen LogP contribution < -0.4 is 0 Å². The fourth-order valence-corrected chi connectivity index (χ4v) is 2.33. The van der Waals surface area contributed by atoms with Crippen LogP contribution in [0.3, 0.4) is 0 Å². The molecule has 1 atom stereocenters. The minimum absolute atomic E-state index is 0.281. The lowest BCUT2D eigenvalue weighted by atomic mass is 10.3. The Morgan fingerprint density at radius 1 is 1.26 bits per heavy atom. The molecule has 1 aromatic carbocycles. The molecule has 5 nitrogen and oxygen atoms in total. The summed E-state index contributed by atoms with van der Waals surface area (Å²) in [5.74, 6) is 0. The second kappa shape index (κ2) is 4.56. The standard InChI is InChI=1S/C13H11N3O2S/c1-9-12-7-11(19(17)18)8-14-13(12)16(15-9)10-5-3-2-4-6-10/h2-8H,1H3,(H,17,18). The van der Waals surface area contributed by atoms with Crippen molar-refractivity contribution in [3.05, 3.63) is 48.3 Å². The number of hydrogen-bond acceptors (Lipinski definition) is 3. The Morgan fingerprint density at radius 2 is 2.00 bits per heavy atom. The first-order valence-electron chi connectivity index (χ1n) is 5.68. The Labute approximate surface area is 112 Å². The van der Waals surface area contributed by atoms with Crippen LogP contribution in [0.4, 0.5) is 0 Å². The van der Waals surface area contributed by atoms with Crippen LogP contribution in [0.25, 0.3) is 16.7 Å². The van der Waals surface area contributed by atoms with E-state index in [0.29, 0.717) is 5.65 Å². The number of fused-ring (bicyclic) bond motifs is 1. The molecule has 96 valence electrons. The zero-order valence-corrected chi connectivity index (χ0v) is 11.0. The number of pyridine rings is 1. The van der Waals surface area contributed by atoms with E-state index in [0.717, 1.165) is 16.8 Å². The third-order valence-corrected chi connectivity index (χ3v) is 3.51. The SMILES string of the molecule is Cc1nn(-c2ccccc2)c2ncc(S(=O)O)cc12. The van der Waals surface area contributed by atoms with Gasteiger partial charge in [-0.05, 0) is 25.1 Å². The molecule has 0 saturated heterocycles. The lowest BCUT2D eigenvalue weighted by Gasteiger charge is -2.02. The molecule has 0 spiro atoms. The Morgan fingerprint density at radius 3 is 2.68 bits per heavy atom. The average Bonchev–Trinajstić information content (AvgIpc) is 2.77. The number of rotatable bonds is 2. The lowest BCUT2D eigenvalue weighted by Crippen LogP contribution is -1.98. The molecule has 6 heteroatoms. The van der Waals surface area contributed by atoms with Crippen LogP contribution in [-0.2, 0) is 11.1 Å². The van der Waals surface area contributed by atoms with Crippen LogP contribution >= 0.6 is 0 Å². The van der Waals surface area contributed by atoms with Gasteiger partial charge in [0.1, 0.15) is 0 Å². The third kappa shape index (κ3) is 2.05. The van der Waals surface area contributed by atoms with Crippen molar-refractivity contribution in [3.63, 3.8) is 0 Å². The molecule has 3 rings (SSSR count). The number of aromatic nitrogens is 3. The van der Waals surface area contributed by atoms with E-state index in [1.165, 1.54) is 6.20 Å². The topological polar surface area (TPSA) is 68.0 Å². The number of aryl methyl sites for hydroxylation is 1. The van der Waals surface area contributed by atoms with Crippen LogP contribution in [0.5, 0.6) is 0 Å². The minimum atomic E-state index is -2.03. The number of nitrogens with zero attached hydrogens (tertiary/aromatic N) is 3. The molecular weight excluding hydrogens is 262 g/mol. The maximum Gasteiger partial charge on any atom is 0.188 e. The van der Waals surface area contributed by atoms with Gasteiger partial charge in [-0.25, -0.2) is 13.9 Å². The Hall–Kier alpha value is -2.05. The van der Waals surface area contributed by atoms with Gasteiger partial charge in [-0.3, -0.25) is 0 Å². The zero-order chi connectivity index (χ0) is 13.4. The van der Waals surface area contributed by atoms with E-state index in [4.69, 9.17) is 4.55 Å². The molecule has 1 unspecified atom stereocenters. The average molecular weight is 273 g/mol. The molecule has 0 radical (unpaired) electrons. The molecule has 19 heavy (non-hydrogen) atoms. The predicted molar refractivity (Wildman–Crippen MR) is 72.6 cm³/mol. The van der Waals surface area contributed by atoms with Crippen molar-refractivity contribution in [3.8, 4) is 5.69 Å². The highest BCUT2D eigenvalue weighted by molar-refractivity contribution is 7.79. The van der Waals surface area contributed by atoms with Gasteiger partial charge in [0.2, 0.25) is 0 Å². The van der Waals surface area contributed by atoms with Gasteiger partial charge in [0, 0.05) is 11.6 Å². The highest BCUT2D eigenvalue weighted by Crippen LogP contribution is 2.21. The van der Waals surface area contributed by atoms with Gasteiger partial charge in [0.25, 0.3) is 0 Å². The molecular formula is C13H11N3O2S. The largest absolute Gasteiger partial charge is 0.302 e. The van der Waals surface area contributed by atoms with Crippen molar-refractivity contribution in [1.29, 1.82) is 0 Å². The van der Waals surface area contributed by atoms with Crippen molar-refractivity contribution in [1.82, 2.24) is 14.8 Å². The molecule has 0 amide bonds. The Kier molecular flexibility index (Phi) is 2.88. The number of hydrogen-bond donors (Lipinski definition) is 1. The predicted octanol–water partition coefficient (Wildman–Crippen LogP) is 2.31. The fourth-order valence-electron chi connectivity index (χ4n) is 1.97. The molecule has 0 fully saturated rings. The molecule has 0 saturated carbocycles. The normalized spacial score (nSPS) is 12.7. The van der Waals surface area contributed by atoms with Crippen molar-refractivity contribution in [2.45, 2.75) is 11.8 Å². The van der Waals surface area contributed by atoms with Crippen molar-refractivity contribution < 1.29 is 8.76 Å². The monoisotopic (exact) mass is 273 g/mol. The summed E-state index contributed by atoms with van der Waals surface area (Å²) in [6.07, 6.45) is 1.40. The highest BCUT2D eigenvalue weighted by Gasteiger charge is 2.12. The van der Waals surface area contributed by atoms with Gasteiger partial charge < -0.3 is 4.55 Å². The maximum absolute atomic E-state index is 11.1. The first-order valence-corrected chi connectivity index (χ1v) is 6.79. The van der Waals surface area contributed by atoms with Crippen molar-refractivity contribution in [2.24, 2.45) is 0 Å². The molecule has 0 aliphatic carbocycles. The van der Waals surface area contributed by atoms with E-state index in [1.54, 1.807) is 10.7 Å². The zero-order valence-electron chi connectivity index (χ0n) is 10.1.